The molecular weight excluding hydrogens is 845 g/mol. The van der Waals surface area contributed by atoms with Gasteiger partial charge in [-0.15, -0.1) is 0 Å². The average molecular weight is 897 g/mol. The lowest BCUT2D eigenvalue weighted by Gasteiger charge is -2.20. The zero-order valence-electron chi connectivity index (χ0n) is 35.9. The quantitative estimate of drug-likeness (QED) is 0.0954. The van der Waals surface area contributed by atoms with Gasteiger partial charge in [-0.2, -0.15) is 0 Å². The molecule has 0 bridgehead atoms. The van der Waals surface area contributed by atoms with Crippen LogP contribution in [0.15, 0.2) is 243 Å². The SMILES string of the molecule is c1ccc(PCc2ccc3ccccc3c2-c2c(CPc3ccccc3)ccc3ccccc23)cc1.c1ccc(PCc2ccccc2-c2ccccc2CPc2ccccc2)cc1. The van der Waals surface area contributed by atoms with Crippen LogP contribution >= 0.6 is 34.3 Å². The number of hydrogen-bond acceptors (Lipinski definition) is 0. The number of rotatable bonds is 14. The highest BCUT2D eigenvalue weighted by Crippen LogP contribution is 2.42. The summed E-state index contributed by atoms with van der Waals surface area (Å²) in [6.45, 7) is 0. The molecule has 0 saturated carbocycles. The van der Waals surface area contributed by atoms with E-state index in [2.05, 4.69) is 243 Å². The van der Waals surface area contributed by atoms with E-state index in [9.17, 15) is 0 Å². The first-order valence-electron chi connectivity index (χ1n) is 22.1. The van der Waals surface area contributed by atoms with Crippen molar-refractivity contribution in [2.75, 3.05) is 0 Å². The normalized spacial score (nSPS) is 11.8. The Morgan fingerprint density at radius 2 is 0.500 bits per heavy atom. The standard InChI is InChI=1S/C34H28P2.C26H24P2/c1-3-13-29(14-4-1)35-23-27-21-19-25-11-7-9-17-31(25)33(27)34-28(24-36-30-15-5-2-6-16-30)22-20-26-12-8-10-18-32(26)34;1-3-13-23(14-4-1)27-19-21-11-7-9-17-25(21)26-18-10-8-12-22(26)20-28-24-15-5-2-6-16-24/h1-22,35-36H,23-24H2;1-18,27-28H,19-20H2. The minimum Gasteiger partial charge on any atom is -0.0859 e. The minimum atomic E-state index is 0.748. The molecule has 4 heteroatoms. The summed E-state index contributed by atoms with van der Waals surface area (Å²) in [6, 6.07) is 88.4. The highest BCUT2D eigenvalue weighted by Gasteiger charge is 2.17. The summed E-state index contributed by atoms with van der Waals surface area (Å²) in [5.74, 6) is 0. The number of fused-ring (bicyclic) bond motifs is 2. The van der Waals surface area contributed by atoms with Crippen molar-refractivity contribution < 1.29 is 0 Å². The smallest absolute Gasteiger partial charge is 0.00538 e. The third-order valence-corrected chi connectivity index (χ3v) is 16.8. The van der Waals surface area contributed by atoms with Crippen molar-refractivity contribution in [1.29, 1.82) is 0 Å². The lowest BCUT2D eigenvalue weighted by Crippen LogP contribution is -1.99. The van der Waals surface area contributed by atoms with E-state index in [4.69, 9.17) is 0 Å². The third-order valence-electron chi connectivity index (χ3n) is 11.6. The topological polar surface area (TPSA) is 0 Å². The molecule has 0 nitrogen and oxygen atoms in total. The summed E-state index contributed by atoms with van der Waals surface area (Å²) in [5, 5.41) is 11.0. The Bertz CT molecular complexity index is 2830. The van der Waals surface area contributed by atoms with Gasteiger partial charge in [0.2, 0.25) is 0 Å². The van der Waals surface area contributed by atoms with Gasteiger partial charge < -0.3 is 0 Å². The molecule has 0 aliphatic heterocycles. The summed E-state index contributed by atoms with van der Waals surface area (Å²) in [4.78, 5) is 0. The molecule has 0 amide bonds. The first kappa shape index (κ1) is 43.7. The second-order valence-electron chi connectivity index (χ2n) is 15.8. The van der Waals surface area contributed by atoms with Crippen molar-refractivity contribution in [3.63, 3.8) is 0 Å². The zero-order chi connectivity index (χ0) is 43.2. The van der Waals surface area contributed by atoms with Gasteiger partial charge >= 0.3 is 0 Å². The number of benzene rings is 10. The Hall–Kier alpha value is -5.56. The van der Waals surface area contributed by atoms with E-state index in [0.29, 0.717) is 0 Å². The molecule has 0 spiro atoms. The Balaban J connectivity index is 0.000000167. The van der Waals surface area contributed by atoms with Gasteiger partial charge in [-0.1, -0.05) is 277 Å². The molecule has 0 saturated heterocycles. The molecule has 312 valence electrons. The summed E-state index contributed by atoms with van der Waals surface area (Å²) in [7, 11) is 3.10. The first-order chi connectivity index (χ1) is 31.8. The molecule has 10 aromatic rings. The van der Waals surface area contributed by atoms with Gasteiger partial charge in [-0.3, -0.25) is 0 Å². The molecule has 0 fully saturated rings. The average Bonchev–Trinajstić information content (AvgIpc) is 3.37. The van der Waals surface area contributed by atoms with Crippen LogP contribution in [0, 0.1) is 0 Å². The maximum absolute atomic E-state index is 2.37. The van der Waals surface area contributed by atoms with Crippen LogP contribution in [0.2, 0.25) is 0 Å². The maximum atomic E-state index is 2.37. The predicted octanol–water partition coefficient (Wildman–Crippen LogP) is 15.0. The van der Waals surface area contributed by atoms with Gasteiger partial charge in [-0.25, -0.2) is 0 Å². The van der Waals surface area contributed by atoms with Crippen molar-refractivity contribution >= 4 is 77.1 Å². The van der Waals surface area contributed by atoms with E-state index in [1.165, 1.54) is 87.3 Å². The summed E-state index contributed by atoms with van der Waals surface area (Å²) in [6.07, 6.45) is 4.28. The molecule has 0 aromatic heterocycles. The van der Waals surface area contributed by atoms with Gasteiger partial charge in [0.15, 0.2) is 0 Å². The van der Waals surface area contributed by atoms with Crippen LogP contribution in [-0.2, 0) is 24.6 Å². The highest BCUT2D eigenvalue weighted by molar-refractivity contribution is 7.47. The van der Waals surface area contributed by atoms with Crippen molar-refractivity contribution in [2.24, 2.45) is 0 Å². The fourth-order valence-corrected chi connectivity index (χ4v) is 12.9. The van der Waals surface area contributed by atoms with Crippen LogP contribution in [0.25, 0.3) is 43.8 Å². The fourth-order valence-electron chi connectivity index (χ4n) is 8.41. The minimum absolute atomic E-state index is 0.748. The lowest BCUT2D eigenvalue weighted by atomic mass is 9.88. The van der Waals surface area contributed by atoms with E-state index < -0.39 is 0 Å². The first-order valence-corrected chi connectivity index (χ1v) is 26.9. The van der Waals surface area contributed by atoms with Gasteiger partial charge in [0.05, 0.1) is 0 Å². The molecular formula is C60H52P4. The fraction of sp³-hybridized carbons (Fsp3) is 0.0667. The van der Waals surface area contributed by atoms with Gasteiger partial charge in [0.1, 0.15) is 0 Å². The van der Waals surface area contributed by atoms with Crippen molar-refractivity contribution in [1.82, 2.24) is 0 Å². The monoisotopic (exact) mass is 896 g/mol. The molecule has 0 N–H and O–H groups in total. The predicted molar refractivity (Wildman–Crippen MR) is 291 cm³/mol. The Kier molecular flexibility index (Phi) is 15.3. The van der Waals surface area contributed by atoms with Crippen LogP contribution in [-0.4, -0.2) is 0 Å². The zero-order valence-corrected chi connectivity index (χ0v) is 39.9. The van der Waals surface area contributed by atoms with Crippen LogP contribution in [0.5, 0.6) is 0 Å². The highest BCUT2D eigenvalue weighted by atomic mass is 31.1. The number of hydrogen-bond donors (Lipinski definition) is 0. The lowest BCUT2D eigenvalue weighted by molar-refractivity contribution is 1.36. The third kappa shape index (κ3) is 11.2. The molecule has 0 aliphatic carbocycles. The van der Waals surface area contributed by atoms with E-state index in [1.54, 1.807) is 0 Å². The van der Waals surface area contributed by atoms with Crippen molar-refractivity contribution in [3.8, 4) is 22.3 Å². The molecule has 4 atom stereocenters. The summed E-state index contributed by atoms with van der Waals surface area (Å²) >= 11 is 0. The Morgan fingerprint density at radius 3 is 0.859 bits per heavy atom. The van der Waals surface area contributed by atoms with Crippen LogP contribution in [0.1, 0.15) is 22.3 Å². The molecule has 0 radical (unpaired) electrons. The second kappa shape index (κ2) is 22.4. The summed E-state index contributed by atoms with van der Waals surface area (Å²) in [5.41, 5.74) is 11.4. The van der Waals surface area contributed by atoms with E-state index in [1.807, 2.05) is 0 Å². The molecule has 4 unspecified atom stereocenters. The maximum Gasteiger partial charge on any atom is -0.00538 e. The van der Waals surface area contributed by atoms with E-state index in [-0.39, 0.29) is 0 Å². The molecule has 10 rings (SSSR count). The van der Waals surface area contributed by atoms with Crippen molar-refractivity contribution in [3.05, 3.63) is 265 Å². The molecule has 64 heavy (non-hydrogen) atoms. The molecule has 0 aliphatic rings. The second-order valence-corrected chi connectivity index (χ2v) is 21.0. The summed E-state index contributed by atoms with van der Waals surface area (Å²) < 4.78 is 0. The van der Waals surface area contributed by atoms with E-state index >= 15 is 0 Å². The van der Waals surface area contributed by atoms with Crippen LogP contribution in [0.3, 0.4) is 0 Å². The van der Waals surface area contributed by atoms with E-state index in [0.717, 1.165) is 59.0 Å². The Labute approximate surface area is 386 Å². The van der Waals surface area contributed by atoms with Crippen LogP contribution in [0.4, 0.5) is 0 Å². The molecule has 0 heterocycles. The van der Waals surface area contributed by atoms with Gasteiger partial charge in [-0.05, 0) is 112 Å². The Morgan fingerprint density at radius 1 is 0.219 bits per heavy atom. The largest absolute Gasteiger partial charge is 0.0859 e. The molecule has 10 aromatic carbocycles. The van der Waals surface area contributed by atoms with Crippen LogP contribution < -0.4 is 21.2 Å². The van der Waals surface area contributed by atoms with Crippen molar-refractivity contribution in [2.45, 2.75) is 24.6 Å². The van der Waals surface area contributed by atoms with Gasteiger partial charge in [0.25, 0.3) is 0 Å². The van der Waals surface area contributed by atoms with Gasteiger partial charge in [0, 0.05) is 0 Å².